The van der Waals surface area contributed by atoms with Crippen molar-refractivity contribution in [1.29, 1.82) is 0 Å². The molecule has 0 atom stereocenters. The number of nitrogens with zero attached hydrogens (tertiary/aromatic N) is 1. The molecule has 0 saturated heterocycles. The quantitative estimate of drug-likeness (QED) is 0.885. The molecule has 1 N–H and O–H groups in total. The minimum absolute atomic E-state index is 0.0581. The second-order valence-electron chi connectivity index (χ2n) is 3.93. The fraction of sp³-hybridized carbons (Fsp3) is 0.455. The summed E-state index contributed by atoms with van der Waals surface area (Å²) >= 11 is 0. The SMILES string of the molecule is Cc1ccc(CO)cc1S(=O)(=O)N(C)CC(F)F. The van der Waals surface area contributed by atoms with Gasteiger partial charge in [-0.25, -0.2) is 17.2 Å². The fourth-order valence-electron chi connectivity index (χ4n) is 1.48. The van der Waals surface area contributed by atoms with Gasteiger partial charge < -0.3 is 5.11 Å². The summed E-state index contributed by atoms with van der Waals surface area (Å²) in [4.78, 5) is -0.0581. The van der Waals surface area contributed by atoms with E-state index in [0.717, 1.165) is 7.05 Å². The van der Waals surface area contributed by atoms with Gasteiger partial charge in [-0.1, -0.05) is 12.1 Å². The Bertz CT molecular complexity index is 517. The second-order valence-corrected chi connectivity index (χ2v) is 5.95. The lowest BCUT2D eigenvalue weighted by molar-refractivity contribution is 0.126. The second kappa shape index (κ2) is 5.73. The average molecular weight is 279 g/mol. The zero-order chi connectivity index (χ0) is 13.9. The van der Waals surface area contributed by atoms with Crippen molar-refractivity contribution in [3.63, 3.8) is 0 Å². The topological polar surface area (TPSA) is 57.6 Å². The maximum absolute atomic E-state index is 12.2. The molecule has 0 spiro atoms. The number of benzene rings is 1. The number of aliphatic hydroxyl groups is 1. The molecule has 4 nitrogen and oxygen atoms in total. The van der Waals surface area contributed by atoms with Crippen LogP contribution in [0.3, 0.4) is 0 Å². The number of aliphatic hydroxyl groups excluding tert-OH is 1. The van der Waals surface area contributed by atoms with Crippen molar-refractivity contribution in [3.8, 4) is 0 Å². The summed E-state index contributed by atoms with van der Waals surface area (Å²) in [7, 11) is -2.85. The molecule has 0 amide bonds. The Morgan fingerprint density at radius 3 is 2.50 bits per heavy atom. The van der Waals surface area contributed by atoms with Crippen LogP contribution in [0.15, 0.2) is 23.1 Å². The number of alkyl halides is 2. The maximum atomic E-state index is 12.2. The van der Waals surface area contributed by atoms with Crippen molar-refractivity contribution in [2.75, 3.05) is 13.6 Å². The molecule has 0 aliphatic carbocycles. The highest BCUT2D eigenvalue weighted by molar-refractivity contribution is 7.89. The number of aryl methyl sites for hydroxylation is 1. The van der Waals surface area contributed by atoms with E-state index >= 15 is 0 Å². The van der Waals surface area contributed by atoms with E-state index in [1.807, 2.05) is 0 Å². The molecular formula is C11H15F2NO3S. The van der Waals surface area contributed by atoms with Crippen LogP contribution in [0.2, 0.25) is 0 Å². The predicted molar refractivity (Wildman–Crippen MR) is 62.9 cm³/mol. The molecule has 0 saturated carbocycles. The zero-order valence-corrected chi connectivity index (χ0v) is 10.9. The van der Waals surface area contributed by atoms with E-state index in [1.165, 1.54) is 12.1 Å². The maximum Gasteiger partial charge on any atom is 0.252 e. The summed E-state index contributed by atoms with van der Waals surface area (Å²) in [6, 6.07) is 4.42. The average Bonchev–Trinajstić information content (AvgIpc) is 2.28. The van der Waals surface area contributed by atoms with Crippen molar-refractivity contribution in [1.82, 2.24) is 4.31 Å². The third-order valence-electron chi connectivity index (χ3n) is 2.52. The van der Waals surface area contributed by atoms with E-state index in [0.29, 0.717) is 15.4 Å². The van der Waals surface area contributed by atoms with Gasteiger partial charge in [0.1, 0.15) is 0 Å². The Kier molecular flexibility index (Phi) is 4.78. The van der Waals surface area contributed by atoms with Crippen LogP contribution in [0.4, 0.5) is 8.78 Å². The van der Waals surface area contributed by atoms with Crippen LogP contribution in [-0.4, -0.2) is 37.8 Å². The van der Waals surface area contributed by atoms with Gasteiger partial charge in [0, 0.05) is 7.05 Å². The highest BCUT2D eigenvalue weighted by Crippen LogP contribution is 2.21. The number of halogens is 2. The number of sulfonamides is 1. The minimum atomic E-state index is -3.96. The molecule has 18 heavy (non-hydrogen) atoms. The van der Waals surface area contributed by atoms with Gasteiger partial charge in [-0.3, -0.25) is 0 Å². The van der Waals surface area contributed by atoms with E-state index in [9.17, 15) is 17.2 Å². The van der Waals surface area contributed by atoms with Gasteiger partial charge in [-0.05, 0) is 24.1 Å². The molecule has 1 rings (SSSR count). The zero-order valence-electron chi connectivity index (χ0n) is 10.1. The van der Waals surface area contributed by atoms with Crippen molar-refractivity contribution >= 4 is 10.0 Å². The molecule has 7 heteroatoms. The van der Waals surface area contributed by atoms with Crippen LogP contribution in [0.25, 0.3) is 0 Å². The molecule has 0 bridgehead atoms. The molecule has 0 unspecified atom stereocenters. The third kappa shape index (κ3) is 3.24. The lowest BCUT2D eigenvalue weighted by Gasteiger charge is -2.18. The lowest BCUT2D eigenvalue weighted by Crippen LogP contribution is -2.31. The standard InChI is InChI=1S/C11H15F2NO3S/c1-8-3-4-9(7-15)5-10(8)18(16,17)14(2)6-11(12)13/h3-5,11,15H,6-7H2,1-2H3. The van der Waals surface area contributed by atoms with Gasteiger partial charge >= 0.3 is 0 Å². The first-order chi connectivity index (χ1) is 8.28. The molecular weight excluding hydrogens is 264 g/mol. The Hall–Kier alpha value is -1.05. The summed E-state index contributed by atoms with van der Waals surface area (Å²) < 4.78 is 49.2. The number of rotatable bonds is 5. The van der Waals surface area contributed by atoms with Gasteiger partial charge in [-0.15, -0.1) is 0 Å². The molecule has 1 aromatic carbocycles. The first-order valence-electron chi connectivity index (χ1n) is 5.24. The van der Waals surface area contributed by atoms with Crippen molar-refractivity contribution in [3.05, 3.63) is 29.3 Å². The number of hydrogen-bond acceptors (Lipinski definition) is 3. The third-order valence-corrected chi connectivity index (χ3v) is 4.48. The molecule has 0 aromatic heterocycles. The highest BCUT2D eigenvalue weighted by Gasteiger charge is 2.25. The molecule has 0 radical (unpaired) electrons. The Morgan fingerprint density at radius 2 is 2.00 bits per heavy atom. The van der Waals surface area contributed by atoms with Crippen molar-refractivity contribution in [2.24, 2.45) is 0 Å². The van der Waals surface area contributed by atoms with E-state index in [1.54, 1.807) is 13.0 Å². The molecule has 0 aliphatic heterocycles. The van der Waals surface area contributed by atoms with Crippen LogP contribution in [0.5, 0.6) is 0 Å². The normalized spacial score (nSPS) is 12.4. The van der Waals surface area contributed by atoms with E-state index < -0.39 is 23.0 Å². The summed E-state index contributed by atoms with van der Waals surface area (Å²) in [6.07, 6.45) is -2.73. The van der Waals surface area contributed by atoms with Crippen LogP contribution in [0, 0.1) is 6.92 Å². The Labute approximate surface area is 105 Å². The summed E-state index contributed by atoms with van der Waals surface area (Å²) in [5, 5.41) is 8.97. The van der Waals surface area contributed by atoms with Gasteiger partial charge in [0.25, 0.3) is 6.43 Å². The van der Waals surface area contributed by atoms with Crippen LogP contribution >= 0.6 is 0 Å². The van der Waals surface area contributed by atoms with Crippen molar-refractivity contribution in [2.45, 2.75) is 24.9 Å². The van der Waals surface area contributed by atoms with Crippen LogP contribution in [-0.2, 0) is 16.6 Å². The van der Waals surface area contributed by atoms with Gasteiger partial charge in [-0.2, -0.15) is 4.31 Å². The molecule has 0 aliphatic rings. The molecule has 0 heterocycles. The Balaban J connectivity index is 3.19. The summed E-state index contributed by atoms with van der Waals surface area (Å²) in [5.41, 5.74) is 0.873. The predicted octanol–water partition coefficient (Wildman–Crippen LogP) is 1.37. The van der Waals surface area contributed by atoms with Gasteiger partial charge in [0.05, 0.1) is 18.0 Å². The Morgan fingerprint density at radius 1 is 1.39 bits per heavy atom. The highest BCUT2D eigenvalue weighted by atomic mass is 32.2. The van der Waals surface area contributed by atoms with E-state index in [4.69, 9.17) is 5.11 Å². The molecule has 1 aromatic rings. The minimum Gasteiger partial charge on any atom is -0.392 e. The summed E-state index contributed by atoms with van der Waals surface area (Å²) in [6.45, 7) is 0.413. The largest absolute Gasteiger partial charge is 0.392 e. The first kappa shape index (κ1) is 15.0. The molecule has 102 valence electrons. The first-order valence-corrected chi connectivity index (χ1v) is 6.68. The summed E-state index contributed by atoms with van der Waals surface area (Å²) in [5.74, 6) is 0. The van der Waals surface area contributed by atoms with E-state index in [2.05, 4.69) is 0 Å². The van der Waals surface area contributed by atoms with Crippen LogP contribution in [0.1, 0.15) is 11.1 Å². The van der Waals surface area contributed by atoms with Gasteiger partial charge in [0.2, 0.25) is 10.0 Å². The van der Waals surface area contributed by atoms with Crippen molar-refractivity contribution < 1.29 is 22.3 Å². The van der Waals surface area contributed by atoms with E-state index in [-0.39, 0.29) is 11.5 Å². The van der Waals surface area contributed by atoms with Crippen LogP contribution < -0.4 is 0 Å². The van der Waals surface area contributed by atoms with Gasteiger partial charge in [0.15, 0.2) is 0 Å². The fourth-order valence-corrected chi connectivity index (χ4v) is 2.90. The monoisotopic (exact) mass is 279 g/mol. The molecule has 0 fully saturated rings. The smallest absolute Gasteiger partial charge is 0.252 e. The lowest BCUT2D eigenvalue weighted by atomic mass is 10.2. The number of hydrogen-bond donors (Lipinski definition) is 1.